The predicted molar refractivity (Wildman–Crippen MR) is 249 cm³/mol. The fourth-order valence-corrected chi connectivity index (χ4v) is 8.75. The average Bonchev–Trinajstić information content (AvgIpc) is 3.23. The predicted octanol–water partition coefficient (Wildman–Crippen LogP) is 8.44. The van der Waals surface area contributed by atoms with Crippen LogP contribution in [0.3, 0.4) is 0 Å². The summed E-state index contributed by atoms with van der Waals surface area (Å²) in [4.78, 5) is 58.3. The highest BCUT2D eigenvalue weighted by molar-refractivity contribution is 7.45. The second kappa shape index (κ2) is 40.3. The summed E-state index contributed by atoms with van der Waals surface area (Å²) in [7, 11) is -11.1. The number of aliphatic hydroxyl groups excluding tert-OH is 4. The van der Waals surface area contributed by atoms with E-state index in [2.05, 4.69) is 42.7 Å². The molecule has 65 heavy (non-hydrogen) atoms. The molecule has 9 atom stereocenters. The van der Waals surface area contributed by atoms with Crippen LogP contribution in [0.15, 0.2) is 24.3 Å². The van der Waals surface area contributed by atoms with Gasteiger partial charge in [-0.1, -0.05) is 141 Å². The molecule has 0 heterocycles. The highest BCUT2D eigenvalue weighted by Gasteiger charge is 2.52. The fraction of sp³-hybridized carbons (Fsp3) is 0.867. The summed E-state index contributed by atoms with van der Waals surface area (Å²) in [6.45, 7) is 3.01. The highest BCUT2D eigenvalue weighted by atomic mass is 31.2. The zero-order valence-corrected chi connectivity index (χ0v) is 42.0. The molecular weight excluding hydrogens is 886 g/mol. The minimum absolute atomic E-state index is 0. The zero-order valence-electron chi connectivity index (χ0n) is 40.2. The normalized spacial score (nSPS) is 22.2. The number of hydrogen-bond acceptors (Lipinski definition) is 15. The van der Waals surface area contributed by atoms with Crippen molar-refractivity contribution in [3.8, 4) is 0 Å². The molecule has 13 N–H and O–H groups in total. The number of hydrogen-bond donors (Lipinski definition) is 7. The Bertz CT molecular complexity index is 1320. The van der Waals surface area contributed by atoms with E-state index in [0.717, 1.165) is 77.0 Å². The number of allylic oxidation sites excluding steroid dienone is 4. The molecule has 0 bridgehead atoms. The number of aliphatic hydroxyl groups is 4. The first-order chi connectivity index (χ1) is 30.1. The van der Waals surface area contributed by atoms with Crippen molar-refractivity contribution in [3.05, 3.63) is 24.3 Å². The van der Waals surface area contributed by atoms with E-state index in [-0.39, 0.29) is 25.1 Å². The van der Waals surface area contributed by atoms with Crippen molar-refractivity contribution in [2.45, 2.75) is 236 Å². The second-order valence-electron chi connectivity index (χ2n) is 16.8. The van der Waals surface area contributed by atoms with Crippen LogP contribution in [-0.4, -0.2) is 93.2 Å². The molecule has 0 radical (unpaired) electrons. The van der Waals surface area contributed by atoms with E-state index in [4.69, 9.17) is 23.4 Å². The van der Waals surface area contributed by atoms with E-state index in [1.54, 1.807) is 0 Å². The molecule has 1 saturated carbocycles. The third-order valence-corrected chi connectivity index (χ3v) is 12.5. The van der Waals surface area contributed by atoms with Crippen LogP contribution in [0.4, 0.5) is 0 Å². The molecule has 0 saturated heterocycles. The number of phosphoric ester groups is 2. The Morgan fingerprint density at radius 3 is 1.25 bits per heavy atom. The molecule has 0 aromatic heterocycles. The highest BCUT2D eigenvalue weighted by Crippen LogP contribution is 2.45. The van der Waals surface area contributed by atoms with Crippen LogP contribution < -0.4 is 22.1 Å². The summed E-state index contributed by atoms with van der Waals surface area (Å²) < 4.78 is 48.5. The van der Waals surface area contributed by atoms with E-state index in [1.165, 1.54) is 77.0 Å². The monoisotopic (exact) mass is 977 g/mol. The maximum Gasteiger partial charge on any atom is 0.306 e. The lowest BCUT2D eigenvalue weighted by Gasteiger charge is -2.45. The van der Waals surface area contributed by atoms with E-state index in [9.17, 15) is 48.9 Å². The molecule has 0 aliphatic heterocycles. The quantitative estimate of drug-likeness (QED) is 0.0131. The largest absolute Gasteiger partial charge is 0.756 e. The van der Waals surface area contributed by atoms with Crippen molar-refractivity contribution in [3.63, 3.8) is 0 Å². The number of unbranched alkanes of at least 4 members (excludes halogenated alkanes) is 22. The van der Waals surface area contributed by atoms with E-state index < -0.39 is 83.5 Å². The average molecular weight is 977 g/mol. The van der Waals surface area contributed by atoms with Crippen LogP contribution in [0.1, 0.15) is 194 Å². The smallest absolute Gasteiger partial charge is 0.306 e. The molecule has 0 amide bonds. The standard InChI is InChI=1S/C45H84O16P2.2H3N/c1-3-5-7-9-11-13-15-17-19-21-23-25-27-29-31-33-38(46)57-35-37(59-39(47)34-32-30-28-26-24-22-20-18-16-14-12-10-8-6-4-2)36-58-63(55,56)61-45-42(50)40(48)44(41(49)43(45)51)60-62(52,53)54;;/h17-20,37,40-45,48-51H,3-16,21-36H2,1-2H3,(H,55,56)(H2,52,53,54);2*1H3/b19-17-,20-18-;;/t37-,40-,41+,42-,43-,44?,45?;;/m1../s1. The molecule has 0 aromatic rings. The molecule has 4 unspecified atom stereocenters. The van der Waals surface area contributed by atoms with Gasteiger partial charge in [-0.15, -0.1) is 0 Å². The lowest BCUT2D eigenvalue weighted by Crippen LogP contribution is -2.64. The summed E-state index contributed by atoms with van der Waals surface area (Å²) in [5, 5.41) is 41.3. The van der Waals surface area contributed by atoms with Gasteiger partial charge in [-0.2, -0.15) is 0 Å². The molecule has 20 heteroatoms. The van der Waals surface area contributed by atoms with E-state index in [1.807, 2.05) is 0 Å². The van der Waals surface area contributed by atoms with Crippen molar-refractivity contribution < 1.29 is 76.9 Å². The first kappa shape index (κ1) is 65.5. The number of carbonyl (C=O) groups is 2. The van der Waals surface area contributed by atoms with Gasteiger partial charge in [0.25, 0.3) is 15.6 Å². The molecule has 1 fully saturated rings. The van der Waals surface area contributed by atoms with Gasteiger partial charge in [0.05, 0.1) is 6.61 Å². The van der Waals surface area contributed by atoms with Gasteiger partial charge in [-0.25, -0.2) is 0 Å². The van der Waals surface area contributed by atoms with Crippen LogP contribution in [0, 0.1) is 0 Å². The number of esters is 2. The van der Waals surface area contributed by atoms with Crippen LogP contribution in [-0.2, 0) is 41.8 Å². The molecule has 0 spiro atoms. The summed E-state index contributed by atoms with van der Waals surface area (Å²) in [6.07, 6.45) is 22.1. The number of phosphoric acid groups is 2. The molecule has 18 nitrogen and oxygen atoms in total. The molecule has 0 aromatic carbocycles. The Hall–Kier alpha value is -1.60. The molecule has 386 valence electrons. The molecule has 1 aliphatic carbocycles. The van der Waals surface area contributed by atoms with Crippen molar-refractivity contribution in [2.75, 3.05) is 13.2 Å². The number of rotatable bonds is 40. The van der Waals surface area contributed by atoms with Crippen LogP contribution in [0.5, 0.6) is 0 Å². The lowest BCUT2D eigenvalue weighted by molar-refractivity contribution is -0.271. The van der Waals surface area contributed by atoms with Crippen molar-refractivity contribution in [2.24, 2.45) is 0 Å². The van der Waals surface area contributed by atoms with Crippen LogP contribution >= 0.6 is 15.6 Å². The van der Waals surface area contributed by atoms with Gasteiger partial charge < -0.3 is 70.5 Å². The van der Waals surface area contributed by atoms with Gasteiger partial charge in [0.15, 0.2) is 6.10 Å². The summed E-state index contributed by atoms with van der Waals surface area (Å²) >= 11 is 0. The maximum absolute atomic E-state index is 12.8. The van der Waals surface area contributed by atoms with Gasteiger partial charge in [0.2, 0.25) is 0 Å². The summed E-state index contributed by atoms with van der Waals surface area (Å²) in [5.74, 6) is -1.25. The minimum Gasteiger partial charge on any atom is -0.756 e. The summed E-state index contributed by atoms with van der Waals surface area (Å²) in [6, 6.07) is 0. The van der Waals surface area contributed by atoms with Crippen LogP contribution in [0.2, 0.25) is 0 Å². The van der Waals surface area contributed by atoms with Gasteiger partial charge in [0.1, 0.15) is 43.2 Å². The Morgan fingerprint density at radius 2 is 0.862 bits per heavy atom. The number of carbonyl (C=O) groups excluding carboxylic acids is 2. The van der Waals surface area contributed by atoms with Crippen molar-refractivity contribution in [1.29, 1.82) is 0 Å². The second-order valence-corrected chi connectivity index (χ2v) is 19.3. The topological polar surface area (TPSA) is 335 Å². The first-order valence-electron chi connectivity index (χ1n) is 23.8. The minimum atomic E-state index is -5.57. The number of ether oxygens (including phenoxy) is 2. The molecule has 1 rings (SSSR count). The summed E-state index contributed by atoms with van der Waals surface area (Å²) in [5.41, 5.74) is 0. The SMILES string of the molecule is CCCCCCCC/C=C\CCCCCCCC(=O)OC[C@H](COP(=O)([O-])OC1[C@H](O)[C@H](O)C(OP(=O)([O-])O)[C@H](O)[C@H]1O)OC(=O)CCCCCCC/C=C\CCCCCCCC.[NH4+].[NH4+]. The van der Waals surface area contributed by atoms with Crippen molar-refractivity contribution >= 4 is 27.6 Å². The lowest BCUT2D eigenvalue weighted by atomic mass is 9.85. The van der Waals surface area contributed by atoms with Crippen molar-refractivity contribution in [1.82, 2.24) is 12.3 Å². The fourth-order valence-electron chi connectivity index (χ4n) is 7.24. The molecule has 1 aliphatic rings. The Labute approximate surface area is 389 Å². The van der Waals surface area contributed by atoms with Gasteiger partial charge in [0, 0.05) is 12.8 Å². The van der Waals surface area contributed by atoms with E-state index in [0.29, 0.717) is 12.8 Å². The maximum atomic E-state index is 12.8. The third kappa shape index (κ3) is 34.4. The van der Waals surface area contributed by atoms with Crippen LogP contribution in [0.25, 0.3) is 0 Å². The zero-order chi connectivity index (χ0) is 46.8. The third-order valence-electron chi connectivity index (χ3n) is 11.0. The Kier molecular flexibility index (Phi) is 40.6. The number of quaternary nitrogens is 2. The van der Waals surface area contributed by atoms with E-state index >= 15 is 0 Å². The van der Waals surface area contributed by atoms with Gasteiger partial charge >= 0.3 is 11.9 Å². The molecular formula is C45H90N2O16P2. The van der Waals surface area contributed by atoms with Gasteiger partial charge in [-0.3, -0.25) is 18.7 Å². The first-order valence-corrected chi connectivity index (χ1v) is 26.8. The Balaban J connectivity index is 0. The Morgan fingerprint density at radius 1 is 0.523 bits per heavy atom. The van der Waals surface area contributed by atoms with Gasteiger partial charge in [-0.05, 0) is 64.2 Å².